The fourth-order valence-corrected chi connectivity index (χ4v) is 0. The molecule has 0 N–H and O–H groups in total. The molecular weight excluding hydrogens is 498 g/mol. The molecule has 72 valence electrons. The van der Waals surface area contributed by atoms with Crippen molar-refractivity contribution in [2.75, 3.05) is 0 Å². The fraction of sp³-hybridized carbons (Fsp3) is 0. The molecule has 0 aliphatic rings. The van der Waals surface area contributed by atoms with Crippen molar-refractivity contribution >= 4 is 75.5 Å². The largest absolute Gasteiger partial charge is 4.00 e. The summed E-state index contributed by atoms with van der Waals surface area (Å²) >= 11 is 0. The number of hydrogen-bond donors (Lipinski definition) is 0. The third kappa shape index (κ3) is 187. The van der Waals surface area contributed by atoms with Gasteiger partial charge in [0.05, 0.1) is 0 Å². The molecule has 0 aliphatic heterocycles. The molecule has 9 nitrogen and oxygen atoms in total. The van der Waals surface area contributed by atoms with Crippen LogP contribution in [0.5, 0.6) is 0 Å². The van der Waals surface area contributed by atoms with Crippen LogP contribution in [0.15, 0.2) is 0 Å². The topological polar surface area (TPSA) is 256 Å². The zero-order valence-electron chi connectivity index (χ0n) is 7.24. The van der Waals surface area contributed by atoms with Gasteiger partial charge in [-0.15, -0.1) is 0 Å². The molecule has 0 atom stereocenters. The van der Waals surface area contributed by atoms with Gasteiger partial charge in [0.1, 0.15) is 0 Å². The quantitative estimate of drug-likeness (QED) is 0.334. The smallest absolute Gasteiger partial charge is 2.00 e. The van der Waals surface area contributed by atoms with Crippen LogP contribution in [0.25, 0.3) is 0 Å². The number of rotatable bonds is 0. The first kappa shape index (κ1) is 243. The molecule has 0 saturated carbocycles. The third-order valence-electron chi connectivity index (χ3n) is 0. The molecule has 0 bridgehead atoms. The summed E-state index contributed by atoms with van der Waals surface area (Å²) in [5, 5.41) is 0. The van der Waals surface area contributed by atoms with Gasteiger partial charge in [0.2, 0.25) is 0 Å². The van der Waals surface area contributed by atoms with E-state index < -0.39 is 0 Å². The minimum atomic E-state index is 0. The van der Waals surface area contributed by atoms with Gasteiger partial charge in [-0.1, -0.05) is 0 Å². The van der Waals surface area contributed by atoms with Crippen molar-refractivity contribution in [2.45, 2.75) is 0 Å². The Balaban J connectivity index is 0. The predicted molar refractivity (Wildman–Crippen MR) is 17.7 cm³/mol. The molecule has 0 aliphatic carbocycles. The second-order valence-electron chi connectivity index (χ2n) is 0. The average Bonchev–Trinajstić information content (AvgIpc) is 0. The summed E-state index contributed by atoms with van der Waals surface area (Å²) in [6.45, 7) is 0. The Hall–Kier alpha value is 5.80. The maximum atomic E-state index is 0. The maximum absolute atomic E-state index is 0. The summed E-state index contributed by atoms with van der Waals surface area (Å²) in [7, 11) is 0. The Morgan fingerprint density at radius 2 is 0.267 bits per heavy atom. The molecule has 15 heteroatoms. The predicted octanol–water partition coefficient (Wildman–Crippen LogP) is -1.84. The van der Waals surface area contributed by atoms with Crippen LogP contribution in [0.2, 0.25) is 0 Å². The summed E-state index contributed by atoms with van der Waals surface area (Å²) in [4.78, 5) is 0. The van der Waals surface area contributed by atoms with Gasteiger partial charge in [0.25, 0.3) is 0 Å². The normalized spacial score (nSPS) is 0. The number of hydrogen-bond acceptors (Lipinski definition) is 0. The van der Waals surface area contributed by atoms with E-state index in [1.165, 1.54) is 0 Å². The van der Waals surface area contributed by atoms with Gasteiger partial charge in [-0.25, -0.2) is 0 Å². The van der Waals surface area contributed by atoms with E-state index in [-0.39, 0.29) is 234 Å². The molecule has 0 rings (SSSR count). The van der Waals surface area contributed by atoms with E-state index in [9.17, 15) is 0 Å². The second kappa shape index (κ2) is 208. The Labute approximate surface area is 228 Å². The van der Waals surface area contributed by atoms with Gasteiger partial charge in [-0.05, 0) is 0 Å². The molecule has 0 spiro atoms. The Morgan fingerprint density at radius 1 is 0.267 bits per heavy atom. The molecule has 0 aromatic carbocycles. The SMILES string of the molecule is [Ca+2].[Ca+2].[O-2].[O-2].[O-2].[O-2].[O-2].[O-2].[O-2].[O-2].[O-2].[Ti+4].[Ti+4].[Y+3].[Y+3]. The Morgan fingerprint density at radius 3 is 0.267 bits per heavy atom. The molecule has 0 radical (unpaired) electrons. The molecule has 0 unspecified atom stereocenters. The molecule has 0 saturated heterocycles. The molecule has 15 heavy (non-hydrogen) atoms. The molecule has 0 aromatic rings. The molecule has 0 fully saturated rings. The van der Waals surface area contributed by atoms with Crippen LogP contribution in [0, 0.1) is 0 Å². The molecular formula is Ca2O9Ti2Y2. The van der Waals surface area contributed by atoms with Crippen molar-refractivity contribution in [1.29, 1.82) is 0 Å². The van der Waals surface area contributed by atoms with Gasteiger partial charge in [-0.3, -0.25) is 0 Å². The summed E-state index contributed by atoms with van der Waals surface area (Å²) < 4.78 is 0. The van der Waals surface area contributed by atoms with Crippen molar-refractivity contribution in [1.82, 2.24) is 0 Å². The zero-order valence-corrected chi connectivity index (χ0v) is 20.5. The van der Waals surface area contributed by atoms with Gasteiger partial charge in [0, 0.05) is 0 Å². The zero-order chi connectivity index (χ0) is 0. The van der Waals surface area contributed by atoms with Crippen molar-refractivity contribution in [3.63, 3.8) is 0 Å². The van der Waals surface area contributed by atoms with Gasteiger partial charge in [0.15, 0.2) is 0 Å². The van der Waals surface area contributed by atoms with Crippen LogP contribution in [0.1, 0.15) is 0 Å². The first-order valence-corrected chi connectivity index (χ1v) is 0. The maximum Gasteiger partial charge on any atom is 4.00 e. The fourth-order valence-electron chi connectivity index (χ4n) is 0. The van der Waals surface area contributed by atoms with Crippen molar-refractivity contribution in [3.05, 3.63) is 0 Å². The summed E-state index contributed by atoms with van der Waals surface area (Å²) in [5.74, 6) is 0. The van der Waals surface area contributed by atoms with Gasteiger partial charge < -0.3 is 49.3 Å². The monoisotopic (exact) mass is 498 g/mol. The first-order valence-electron chi connectivity index (χ1n) is 0. The van der Waals surface area contributed by atoms with Crippen LogP contribution in [0.3, 0.4) is 0 Å². The van der Waals surface area contributed by atoms with E-state index >= 15 is 0 Å². The third-order valence-corrected chi connectivity index (χ3v) is 0. The van der Waals surface area contributed by atoms with Crippen LogP contribution in [-0.2, 0) is 158 Å². The van der Waals surface area contributed by atoms with E-state index in [1.807, 2.05) is 0 Å². The van der Waals surface area contributed by atoms with Crippen LogP contribution < -0.4 is 0 Å². The van der Waals surface area contributed by atoms with Crippen molar-refractivity contribution in [2.24, 2.45) is 0 Å². The first-order chi connectivity index (χ1) is 0. The van der Waals surface area contributed by atoms with E-state index in [4.69, 9.17) is 0 Å². The minimum absolute atomic E-state index is 0. The molecule has 0 heterocycles. The minimum Gasteiger partial charge on any atom is -2.00 e. The van der Waals surface area contributed by atoms with E-state index in [0.29, 0.717) is 0 Å². The molecule has 0 amide bonds. The van der Waals surface area contributed by atoms with Crippen molar-refractivity contribution < 1.29 is 158 Å². The van der Waals surface area contributed by atoms with E-state index in [1.54, 1.807) is 0 Å². The summed E-state index contributed by atoms with van der Waals surface area (Å²) in [6, 6.07) is 0. The average molecular weight is 498 g/mol. The van der Waals surface area contributed by atoms with Gasteiger partial charge in [-0.2, -0.15) is 0 Å². The Bertz CT molecular complexity index is 24.1. The van der Waals surface area contributed by atoms with Crippen LogP contribution >= 0.6 is 0 Å². The second-order valence-corrected chi connectivity index (χ2v) is 0. The summed E-state index contributed by atoms with van der Waals surface area (Å²) in [5.41, 5.74) is 0. The van der Waals surface area contributed by atoms with Gasteiger partial charge >= 0.3 is 184 Å². The van der Waals surface area contributed by atoms with Crippen molar-refractivity contribution in [3.8, 4) is 0 Å². The summed E-state index contributed by atoms with van der Waals surface area (Å²) in [6.07, 6.45) is 0. The van der Waals surface area contributed by atoms with Crippen LogP contribution in [0.4, 0.5) is 0 Å². The van der Waals surface area contributed by atoms with E-state index in [0.717, 1.165) is 0 Å². The standard InChI is InChI=1S/2Ca.9O.2Ti.2Y/q2*+2;9*-2;2*+4;2*+3. The van der Waals surface area contributed by atoms with E-state index in [2.05, 4.69) is 0 Å². The van der Waals surface area contributed by atoms with Crippen LogP contribution in [-0.4, -0.2) is 75.5 Å². The Kier molecular flexibility index (Phi) is 3370. The molecule has 0 aromatic heterocycles.